The fraction of sp³-hybridized carbons (Fsp3) is 0.320. The number of furan rings is 1. The van der Waals surface area contributed by atoms with Crippen molar-refractivity contribution in [2.45, 2.75) is 46.0 Å². The van der Waals surface area contributed by atoms with Gasteiger partial charge in [-0.3, -0.25) is 14.4 Å². The number of phenolic OH excluding ortho intramolecular Hbond substituents is 2. The van der Waals surface area contributed by atoms with E-state index in [0.29, 0.717) is 18.7 Å². The number of benzene rings is 1. The zero-order valence-electron chi connectivity index (χ0n) is 18.9. The first-order valence-corrected chi connectivity index (χ1v) is 10.6. The van der Waals surface area contributed by atoms with Gasteiger partial charge in [0.1, 0.15) is 39.7 Å². The second kappa shape index (κ2) is 7.95. The molecule has 1 aromatic carbocycles. The van der Waals surface area contributed by atoms with Crippen LogP contribution < -0.4 is 10.1 Å². The highest BCUT2D eigenvalue weighted by molar-refractivity contribution is 6.31. The number of aromatic hydroxyl groups is 2. The normalized spacial score (nSPS) is 20.7. The topological polar surface area (TPSA) is 126 Å². The number of rotatable bonds is 6. The maximum atomic E-state index is 13.7. The van der Waals surface area contributed by atoms with Crippen LogP contribution in [0.5, 0.6) is 17.2 Å². The summed E-state index contributed by atoms with van der Waals surface area (Å²) in [5, 5.41) is 24.4. The standard InChI is InChI=1S/C25H25NO7/c1-12-21(29)19(14(3)27)23-20(22(12)30)25(4)17(33-23)11-16(28)18(24(25)31)13(2)26-9-5-7-15-8-6-10-32-15/h6,8,10-11,26,29-30H,5,7,9H2,1-4H3/b18-13+/t25-/m1/s1. The van der Waals surface area contributed by atoms with Crippen LogP contribution in [0.2, 0.25) is 0 Å². The lowest BCUT2D eigenvalue weighted by atomic mass is 9.70. The lowest BCUT2D eigenvalue weighted by Crippen LogP contribution is -2.41. The molecule has 0 fully saturated rings. The molecule has 3 N–H and O–H groups in total. The summed E-state index contributed by atoms with van der Waals surface area (Å²) in [5.74, 6) is -1.54. The number of allylic oxidation sites excluding steroid dienone is 4. The Hall–Kier alpha value is -3.81. The molecule has 0 saturated heterocycles. The van der Waals surface area contributed by atoms with Crippen LogP contribution in [0.15, 0.2) is 45.9 Å². The SMILES string of the molecule is CC(=O)c1c(O)c(C)c(O)c2c1OC1=CC(=O)/C(=C(/C)NCCCc3ccco3)C(=O)[C@]12C. The molecule has 33 heavy (non-hydrogen) atoms. The van der Waals surface area contributed by atoms with Crippen LogP contribution in [0.25, 0.3) is 0 Å². The predicted octanol–water partition coefficient (Wildman–Crippen LogP) is 3.38. The van der Waals surface area contributed by atoms with E-state index in [4.69, 9.17) is 9.15 Å². The van der Waals surface area contributed by atoms with Gasteiger partial charge in [-0.2, -0.15) is 0 Å². The number of fused-ring (bicyclic) bond motifs is 3. The van der Waals surface area contributed by atoms with Gasteiger partial charge in [0.25, 0.3) is 0 Å². The summed E-state index contributed by atoms with van der Waals surface area (Å²) < 4.78 is 11.1. The highest BCUT2D eigenvalue weighted by Gasteiger charge is 2.56. The van der Waals surface area contributed by atoms with Crippen molar-refractivity contribution in [1.29, 1.82) is 0 Å². The van der Waals surface area contributed by atoms with E-state index in [1.165, 1.54) is 19.9 Å². The number of ether oxygens (including phenoxy) is 1. The van der Waals surface area contributed by atoms with Crippen molar-refractivity contribution in [2.75, 3.05) is 6.54 Å². The maximum absolute atomic E-state index is 13.7. The van der Waals surface area contributed by atoms with Crippen molar-refractivity contribution in [3.05, 3.63) is 64.0 Å². The van der Waals surface area contributed by atoms with Crippen molar-refractivity contribution in [2.24, 2.45) is 0 Å². The fourth-order valence-corrected chi connectivity index (χ4v) is 4.44. The van der Waals surface area contributed by atoms with E-state index >= 15 is 0 Å². The lowest BCUT2D eigenvalue weighted by molar-refractivity contribution is -0.123. The maximum Gasteiger partial charge on any atom is 0.194 e. The van der Waals surface area contributed by atoms with Gasteiger partial charge in [-0.15, -0.1) is 0 Å². The van der Waals surface area contributed by atoms with Gasteiger partial charge >= 0.3 is 0 Å². The van der Waals surface area contributed by atoms with Gasteiger partial charge in [0.05, 0.1) is 17.4 Å². The summed E-state index contributed by atoms with van der Waals surface area (Å²) in [7, 11) is 0. The predicted molar refractivity (Wildman–Crippen MR) is 118 cm³/mol. The number of aryl methyl sites for hydroxylation is 1. The van der Waals surface area contributed by atoms with Gasteiger partial charge in [-0.25, -0.2) is 0 Å². The van der Waals surface area contributed by atoms with Crippen molar-refractivity contribution >= 4 is 17.3 Å². The zero-order chi connectivity index (χ0) is 24.1. The van der Waals surface area contributed by atoms with Crippen LogP contribution in [0, 0.1) is 6.92 Å². The molecule has 0 saturated carbocycles. The highest BCUT2D eigenvalue weighted by atomic mass is 16.5. The summed E-state index contributed by atoms with van der Waals surface area (Å²) in [6.07, 6.45) is 4.25. The summed E-state index contributed by atoms with van der Waals surface area (Å²) >= 11 is 0. The van der Waals surface area contributed by atoms with Gasteiger partial charge in [-0.05, 0) is 46.2 Å². The third kappa shape index (κ3) is 3.33. The number of nitrogens with one attached hydrogen (secondary N) is 1. The second-order valence-corrected chi connectivity index (χ2v) is 8.50. The van der Waals surface area contributed by atoms with Crippen molar-refractivity contribution < 1.29 is 33.8 Å². The Morgan fingerprint density at radius 2 is 1.91 bits per heavy atom. The molecule has 172 valence electrons. The Labute approximate surface area is 190 Å². The van der Waals surface area contributed by atoms with Crippen molar-refractivity contribution in [1.82, 2.24) is 5.32 Å². The average molecular weight is 451 g/mol. The van der Waals surface area contributed by atoms with E-state index < -0.39 is 28.5 Å². The molecule has 0 unspecified atom stereocenters. The van der Waals surface area contributed by atoms with E-state index in [0.717, 1.165) is 12.2 Å². The number of hydrogen-bond acceptors (Lipinski definition) is 8. The minimum Gasteiger partial charge on any atom is -0.507 e. The van der Waals surface area contributed by atoms with Crippen LogP contribution >= 0.6 is 0 Å². The van der Waals surface area contributed by atoms with Crippen LogP contribution in [0.4, 0.5) is 0 Å². The third-order valence-electron chi connectivity index (χ3n) is 6.33. The molecule has 2 heterocycles. The average Bonchev–Trinajstić information content (AvgIpc) is 3.36. The van der Waals surface area contributed by atoms with Crippen LogP contribution in [0.1, 0.15) is 54.4 Å². The minimum absolute atomic E-state index is 0.0182. The molecule has 1 atom stereocenters. The molecule has 0 amide bonds. The van der Waals surface area contributed by atoms with Gasteiger partial charge < -0.3 is 24.7 Å². The van der Waals surface area contributed by atoms with Gasteiger partial charge in [0, 0.05) is 30.3 Å². The summed E-state index contributed by atoms with van der Waals surface area (Å²) in [6, 6.07) is 3.70. The molecule has 0 bridgehead atoms. The van der Waals surface area contributed by atoms with E-state index in [1.807, 2.05) is 12.1 Å². The summed E-state index contributed by atoms with van der Waals surface area (Å²) in [6.45, 7) is 6.42. The van der Waals surface area contributed by atoms with E-state index in [9.17, 15) is 24.6 Å². The molecule has 0 radical (unpaired) electrons. The number of carbonyl (C=O) groups excluding carboxylic acids is 3. The monoisotopic (exact) mass is 451 g/mol. The number of ketones is 3. The Balaban J connectivity index is 1.72. The summed E-state index contributed by atoms with van der Waals surface area (Å²) in [4.78, 5) is 38.8. The number of carbonyl (C=O) groups is 3. The molecule has 0 spiro atoms. The van der Waals surface area contributed by atoms with Crippen LogP contribution in [-0.2, 0) is 21.4 Å². The molecule has 1 aliphatic heterocycles. The quantitative estimate of drug-likeness (QED) is 0.264. The highest BCUT2D eigenvalue weighted by Crippen LogP contribution is 2.57. The third-order valence-corrected chi connectivity index (χ3v) is 6.33. The Morgan fingerprint density at radius 1 is 1.18 bits per heavy atom. The molecular weight excluding hydrogens is 426 g/mol. The molecule has 4 rings (SSSR count). The Morgan fingerprint density at radius 3 is 2.55 bits per heavy atom. The second-order valence-electron chi connectivity index (χ2n) is 8.50. The van der Waals surface area contributed by atoms with E-state index in [2.05, 4.69) is 5.32 Å². The molecule has 2 aromatic rings. The van der Waals surface area contributed by atoms with Gasteiger partial charge in [0.2, 0.25) is 0 Å². The number of Topliss-reactive ketones (excluding diaryl/α,β-unsaturated/α-hetero) is 2. The molecule has 8 heteroatoms. The Bertz CT molecular complexity index is 1250. The molecule has 1 aliphatic carbocycles. The first-order valence-electron chi connectivity index (χ1n) is 10.6. The zero-order valence-corrected chi connectivity index (χ0v) is 18.9. The van der Waals surface area contributed by atoms with Crippen LogP contribution in [0.3, 0.4) is 0 Å². The first kappa shape index (κ1) is 22.4. The lowest BCUT2D eigenvalue weighted by Gasteiger charge is -2.29. The van der Waals surface area contributed by atoms with E-state index in [1.54, 1.807) is 20.1 Å². The van der Waals surface area contributed by atoms with Crippen molar-refractivity contribution in [3.8, 4) is 17.2 Å². The smallest absolute Gasteiger partial charge is 0.194 e. The van der Waals surface area contributed by atoms with Gasteiger partial charge in [0.15, 0.2) is 17.3 Å². The molecule has 8 nitrogen and oxygen atoms in total. The van der Waals surface area contributed by atoms with Gasteiger partial charge in [-0.1, -0.05) is 0 Å². The minimum atomic E-state index is -1.51. The van der Waals surface area contributed by atoms with E-state index in [-0.39, 0.29) is 39.5 Å². The Kier molecular flexibility index (Phi) is 5.40. The summed E-state index contributed by atoms with van der Waals surface area (Å²) in [5.41, 5.74) is -1.12. The van der Waals surface area contributed by atoms with Crippen molar-refractivity contribution in [3.63, 3.8) is 0 Å². The first-order chi connectivity index (χ1) is 15.6. The molecule has 1 aromatic heterocycles. The molecular formula is C25H25NO7. The van der Waals surface area contributed by atoms with Crippen LogP contribution in [-0.4, -0.2) is 34.1 Å². The number of hydrogen-bond donors (Lipinski definition) is 3. The fourth-order valence-electron chi connectivity index (χ4n) is 4.44. The number of phenols is 2. The largest absolute Gasteiger partial charge is 0.507 e. The molecule has 2 aliphatic rings.